The van der Waals surface area contributed by atoms with Gasteiger partial charge in [-0.25, -0.2) is 4.99 Å². The Morgan fingerprint density at radius 2 is 1.91 bits per heavy atom. The van der Waals surface area contributed by atoms with Crippen molar-refractivity contribution in [3.05, 3.63) is 53.3 Å². The molecule has 1 aromatic heterocycles. The van der Waals surface area contributed by atoms with Crippen LogP contribution in [0.15, 0.2) is 41.7 Å². The van der Waals surface area contributed by atoms with Gasteiger partial charge in [-0.05, 0) is 24.5 Å². The molecule has 2 rings (SSSR count). The first-order valence-corrected chi connectivity index (χ1v) is 7.79. The molecule has 0 atom stereocenters. The molecule has 6 heteroatoms. The van der Waals surface area contributed by atoms with Gasteiger partial charge in [0.15, 0.2) is 5.96 Å². The lowest BCUT2D eigenvalue weighted by atomic mass is 10.1. The Bertz CT molecular complexity index is 621. The van der Waals surface area contributed by atoms with Gasteiger partial charge in [0.05, 0.1) is 12.7 Å². The summed E-state index contributed by atoms with van der Waals surface area (Å²) in [5, 5.41) is 10.8. The highest BCUT2D eigenvalue weighted by molar-refractivity contribution is 14.0. The van der Waals surface area contributed by atoms with E-state index >= 15 is 0 Å². The van der Waals surface area contributed by atoms with Gasteiger partial charge >= 0.3 is 0 Å². The fourth-order valence-corrected chi connectivity index (χ4v) is 2.32. The van der Waals surface area contributed by atoms with Gasteiger partial charge in [0.1, 0.15) is 0 Å². The van der Waals surface area contributed by atoms with E-state index in [2.05, 4.69) is 58.8 Å². The predicted octanol–water partition coefficient (Wildman–Crippen LogP) is 2.86. The van der Waals surface area contributed by atoms with Crippen molar-refractivity contribution in [2.75, 3.05) is 6.54 Å². The van der Waals surface area contributed by atoms with E-state index in [1.807, 2.05) is 19.4 Å². The minimum atomic E-state index is 0. The van der Waals surface area contributed by atoms with Crippen LogP contribution in [0.2, 0.25) is 0 Å². The van der Waals surface area contributed by atoms with Crippen molar-refractivity contribution in [2.24, 2.45) is 12.0 Å². The zero-order valence-corrected chi connectivity index (χ0v) is 16.4. The lowest BCUT2D eigenvalue weighted by Gasteiger charge is -2.13. The summed E-state index contributed by atoms with van der Waals surface area (Å²) in [5.41, 5.74) is 3.80. The third-order valence-electron chi connectivity index (χ3n) is 3.47. The summed E-state index contributed by atoms with van der Waals surface area (Å²) < 4.78 is 1.79. The van der Waals surface area contributed by atoms with Crippen molar-refractivity contribution in [1.82, 2.24) is 20.4 Å². The number of rotatable bonds is 6. The lowest BCUT2D eigenvalue weighted by molar-refractivity contribution is 0.766. The molecule has 0 aliphatic rings. The molecule has 0 saturated heterocycles. The van der Waals surface area contributed by atoms with E-state index < -0.39 is 0 Å². The summed E-state index contributed by atoms with van der Waals surface area (Å²) in [7, 11) is 1.92. The SMILES string of the molecule is CCNC(=NCc1cnn(C)c1)NCc1ccccc1CC.I. The number of hydrogen-bond acceptors (Lipinski definition) is 2. The normalized spacial score (nSPS) is 11.0. The van der Waals surface area contributed by atoms with Crippen LogP contribution in [0.1, 0.15) is 30.5 Å². The molecule has 5 nitrogen and oxygen atoms in total. The summed E-state index contributed by atoms with van der Waals surface area (Å²) >= 11 is 0. The summed E-state index contributed by atoms with van der Waals surface area (Å²) in [5.74, 6) is 0.831. The summed E-state index contributed by atoms with van der Waals surface area (Å²) in [6.07, 6.45) is 4.88. The Balaban J connectivity index is 0.00000264. The first kappa shape index (κ1) is 19.5. The van der Waals surface area contributed by atoms with Crippen molar-refractivity contribution >= 4 is 29.9 Å². The van der Waals surface area contributed by atoms with Crippen LogP contribution in [-0.2, 0) is 26.6 Å². The van der Waals surface area contributed by atoms with Crippen molar-refractivity contribution < 1.29 is 0 Å². The number of benzene rings is 1. The molecule has 0 amide bonds. The molecule has 0 saturated carbocycles. The molecule has 0 fully saturated rings. The van der Waals surface area contributed by atoms with Gasteiger partial charge in [-0.3, -0.25) is 4.68 Å². The van der Waals surface area contributed by atoms with Gasteiger partial charge < -0.3 is 10.6 Å². The largest absolute Gasteiger partial charge is 0.357 e. The molecule has 0 unspecified atom stereocenters. The number of nitrogens with one attached hydrogen (secondary N) is 2. The fraction of sp³-hybridized carbons (Fsp3) is 0.412. The zero-order valence-electron chi connectivity index (χ0n) is 14.0. The van der Waals surface area contributed by atoms with E-state index in [0.29, 0.717) is 6.54 Å². The fourth-order valence-electron chi connectivity index (χ4n) is 2.32. The topological polar surface area (TPSA) is 54.2 Å². The Hall–Kier alpha value is -1.57. The van der Waals surface area contributed by atoms with Crippen molar-refractivity contribution in [2.45, 2.75) is 33.4 Å². The van der Waals surface area contributed by atoms with Gasteiger partial charge in [-0.15, -0.1) is 24.0 Å². The molecular weight excluding hydrogens is 401 g/mol. The van der Waals surface area contributed by atoms with Crippen LogP contribution < -0.4 is 10.6 Å². The van der Waals surface area contributed by atoms with Crippen LogP contribution in [-0.4, -0.2) is 22.3 Å². The zero-order chi connectivity index (χ0) is 15.8. The Kier molecular flexibility index (Phi) is 8.68. The molecule has 0 bridgehead atoms. The van der Waals surface area contributed by atoms with Crippen LogP contribution in [0, 0.1) is 0 Å². The highest BCUT2D eigenvalue weighted by Gasteiger charge is 2.02. The Morgan fingerprint density at radius 1 is 1.17 bits per heavy atom. The lowest BCUT2D eigenvalue weighted by Crippen LogP contribution is -2.37. The minimum Gasteiger partial charge on any atom is -0.357 e. The van der Waals surface area contributed by atoms with Crippen LogP contribution >= 0.6 is 24.0 Å². The van der Waals surface area contributed by atoms with E-state index in [1.54, 1.807) is 4.68 Å². The minimum absolute atomic E-state index is 0. The number of aromatic nitrogens is 2. The van der Waals surface area contributed by atoms with E-state index in [0.717, 1.165) is 31.0 Å². The van der Waals surface area contributed by atoms with E-state index in [-0.39, 0.29) is 24.0 Å². The highest BCUT2D eigenvalue weighted by Crippen LogP contribution is 2.08. The van der Waals surface area contributed by atoms with E-state index in [9.17, 15) is 0 Å². The molecule has 0 aliphatic carbocycles. The molecule has 1 aromatic carbocycles. The summed E-state index contributed by atoms with van der Waals surface area (Å²) in [4.78, 5) is 4.61. The third kappa shape index (κ3) is 6.21. The van der Waals surface area contributed by atoms with Gasteiger partial charge in [-0.2, -0.15) is 5.10 Å². The smallest absolute Gasteiger partial charge is 0.191 e. The van der Waals surface area contributed by atoms with Gasteiger partial charge in [0.25, 0.3) is 0 Å². The summed E-state index contributed by atoms with van der Waals surface area (Å²) in [6.45, 7) is 6.50. The number of aliphatic imine (C=N–C) groups is 1. The maximum Gasteiger partial charge on any atom is 0.191 e. The van der Waals surface area contributed by atoms with E-state index in [4.69, 9.17) is 0 Å². The molecule has 126 valence electrons. The number of aryl methyl sites for hydroxylation is 2. The second kappa shape index (κ2) is 10.3. The van der Waals surface area contributed by atoms with Crippen molar-refractivity contribution in [1.29, 1.82) is 0 Å². The van der Waals surface area contributed by atoms with Gasteiger partial charge in [-0.1, -0.05) is 31.2 Å². The van der Waals surface area contributed by atoms with Crippen LogP contribution in [0.3, 0.4) is 0 Å². The monoisotopic (exact) mass is 427 g/mol. The third-order valence-corrected chi connectivity index (χ3v) is 3.47. The molecule has 0 spiro atoms. The van der Waals surface area contributed by atoms with Crippen LogP contribution in [0.4, 0.5) is 0 Å². The van der Waals surface area contributed by atoms with E-state index in [1.165, 1.54) is 11.1 Å². The number of halogens is 1. The number of guanidine groups is 1. The molecule has 23 heavy (non-hydrogen) atoms. The molecule has 0 radical (unpaired) electrons. The number of hydrogen-bond donors (Lipinski definition) is 2. The first-order chi connectivity index (χ1) is 10.7. The molecule has 0 aliphatic heterocycles. The first-order valence-electron chi connectivity index (χ1n) is 7.79. The molecule has 1 heterocycles. The average molecular weight is 427 g/mol. The predicted molar refractivity (Wildman–Crippen MR) is 106 cm³/mol. The maximum atomic E-state index is 4.61. The van der Waals surface area contributed by atoms with Crippen LogP contribution in [0.5, 0.6) is 0 Å². The average Bonchev–Trinajstić information content (AvgIpc) is 2.96. The van der Waals surface area contributed by atoms with Gasteiger partial charge in [0.2, 0.25) is 0 Å². The second-order valence-electron chi connectivity index (χ2n) is 5.19. The number of nitrogens with zero attached hydrogens (tertiary/aromatic N) is 3. The van der Waals surface area contributed by atoms with Crippen molar-refractivity contribution in [3.8, 4) is 0 Å². The van der Waals surface area contributed by atoms with Gasteiger partial charge in [0, 0.05) is 31.9 Å². The molecule has 2 N–H and O–H groups in total. The second-order valence-corrected chi connectivity index (χ2v) is 5.19. The Morgan fingerprint density at radius 3 is 2.52 bits per heavy atom. The molecular formula is C17H26IN5. The maximum absolute atomic E-state index is 4.61. The summed E-state index contributed by atoms with van der Waals surface area (Å²) in [6, 6.07) is 8.51. The van der Waals surface area contributed by atoms with Crippen LogP contribution in [0.25, 0.3) is 0 Å². The standard InChI is InChI=1S/C17H25N5.HI/c1-4-15-8-6-7-9-16(15)12-20-17(18-5-2)19-10-14-11-21-22(3)13-14;/h6-9,11,13H,4-5,10,12H2,1-3H3,(H2,18,19,20);1H. The quantitative estimate of drug-likeness (QED) is 0.424. The highest BCUT2D eigenvalue weighted by atomic mass is 127. The Labute approximate surface area is 155 Å². The molecule has 2 aromatic rings. The van der Waals surface area contributed by atoms with Crippen molar-refractivity contribution in [3.63, 3.8) is 0 Å².